The van der Waals surface area contributed by atoms with E-state index in [4.69, 9.17) is 5.73 Å². The molecular formula is C11H19F2N3O2S. The minimum atomic E-state index is -3.89. The smallest absolute Gasteiger partial charge is 0.252 e. The van der Waals surface area contributed by atoms with Crippen molar-refractivity contribution < 1.29 is 17.2 Å². The standard InChI is InChI=1S/C11H19F2N3O2S/c1-3-4-16-7-10(5-9(16)6-14)19(17,18)15(2)8-11(12)13/h5,7,11H,3-4,6,8,14H2,1-2H3. The van der Waals surface area contributed by atoms with Gasteiger partial charge in [0.1, 0.15) is 4.90 Å². The minimum Gasteiger partial charge on any atom is -0.349 e. The topological polar surface area (TPSA) is 68.3 Å². The van der Waals surface area contributed by atoms with Crippen LogP contribution in [-0.2, 0) is 23.1 Å². The number of hydrogen-bond acceptors (Lipinski definition) is 3. The summed E-state index contributed by atoms with van der Waals surface area (Å²) >= 11 is 0. The molecule has 0 bridgehead atoms. The maximum Gasteiger partial charge on any atom is 0.252 e. The van der Waals surface area contributed by atoms with Crippen LogP contribution in [0, 0.1) is 0 Å². The number of aryl methyl sites for hydroxylation is 1. The molecule has 0 fully saturated rings. The first-order valence-corrected chi connectivity index (χ1v) is 7.40. The van der Waals surface area contributed by atoms with Crippen LogP contribution in [-0.4, -0.2) is 37.3 Å². The van der Waals surface area contributed by atoms with Gasteiger partial charge in [-0.2, -0.15) is 4.31 Å². The third-order valence-corrected chi connectivity index (χ3v) is 4.53. The molecule has 0 saturated carbocycles. The number of nitrogens with zero attached hydrogens (tertiary/aromatic N) is 2. The van der Waals surface area contributed by atoms with Crippen molar-refractivity contribution in [1.29, 1.82) is 0 Å². The Labute approximate surface area is 112 Å². The molecule has 8 heteroatoms. The lowest BCUT2D eigenvalue weighted by atomic mass is 10.4. The molecule has 0 amide bonds. The highest BCUT2D eigenvalue weighted by atomic mass is 32.2. The monoisotopic (exact) mass is 295 g/mol. The van der Waals surface area contributed by atoms with E-state index in [1.165, 1.54) is 12.3 Å². The molecular weight excluding hydrogens is 276 g/mol. The fraction of sp³-hybridized carbons (Fsp3) is 0.636. The Bertz CT molecular complexity index is 514. The van der Waals surface area contributed by atoms with Crippen molar-refractivity contribution in [2.24, 2.45) is 5.73 Å². The summed E-state index contributed by atoms with van der Waals surface area (Å²) in [6.45, 7) is 1.98. The van der Waals surface area contributed by atoms with Gasteiger partial charge in [0.15, 0.2) is 0 Å². The first-order valence-electron chi connectivity index (χ1n) is 5.96. The van der Waals surface area contributed by atoms with Crippen molar-refractivity contribution in [1.82, 2.24) is 8.87 Å². The number of aromatic nitrogens is 1. The number of rotatable bonds is 7. The molecule has 0 spiro atoms. The van der Waals surface area contributed by atoms with Crippen molar-refractivity contribution in [2.75, 3.05) is 13.6 Å². The Balaban J connectivity index is 3.07. The van der Waals surface area contributed by atoms with Crippen LogP contribution in [0.2, 0.25) is 0 Å². The van der Waals surface area contributed by atoms with Gasteiger partial charge in [-0.05, 0) is 12.5 Å². The lowest BCUT2D eigenvalue weighted by Gasteiger charge is -2.15. The SMILES string of the molecule is CCCn1cc(S(=O)(=O)N(C)CC(F)F)cc1CN. The van der Waals surface area contributed by atoms with Crippen LogP contribution < -0.4 is 5.73 Å². The van der Waals surface area contributed by atoms with Crippen molar-refractivity contribution in [3.05, 3.63) is 18.0 Å². The highest BCUT2D eigenvalue weighted by Crippen LogP contribution is 2.19. The van der Waals surface area contributed by atoms with E-state index in [-0.39, 0.29) is 11.4 Å². The zero-order chi connectivity index (χ0) is 14.6. The van der Waals surface area contributed by atoms with Gasteiger partial charge in [-0.3, -0.25) is 0 Å². The Kier molecular flexibility index (Phi) is 5.45. The summed E-state index contributed by atoms with van der Waals surface area (Å²) in [5, 5.41) is 0. The van der Waals surface area contributed by atoms with Gasteiger partial charge in [-0.25, -0.2) is 17.2 Å². The molecule has 1 heterocycles. The molecule has 1 rings (SSSR count). The summed E-state index contributed by atoms with van der Waals surface area (Å²) in [5.74, 6) is 0. The fourth-order valence-corrected chi connectivity index (χ4v) is 2.97. The minimum absolute atomic E-state index is 0.00421. The van der Waals surface area contributed by atoms with E-state index in [0.717, 1.165) is 13.5 Å². The highest BCUT2D eigenvalue weighted by molar-refractivity contribution is 7.89. The van der Waals surface area contributed by atoms with Gasteiger partial charge in [0.25, 0.3) is 6.43 Å². The zero-order valence-electron chi connectivity index (χ0n) is 11.0. The van der Waals surface area contributed by atoms with Crippen molar-refractivity contribution in [3.8, 4) is 0 Å². The largest absolute Gasteiger partial charge is 0.349 e. The van der Waals surface area contributed by atoms with Gasteiger partial charge in [0, 0.05) is 32.0 Å². The van der Waals surface area contributed by atoms with Gasteiger partial charge < -0.3 is 10.3 Å². The van der Waals surface area contributed by atoms with E-state index in [0.29, 0.717) is 16.5 Å². The van der Waals surface area contributed by atoms with Crippen LogP contribution in [0.25, 0.3) is 0 Å². The zero-order valence-corrected chi connectivity index (χ0v) is 11.8. The molecule has 0 radical (unpaired) electrons. The lowest BCUT2D eigenvalue weighted by molar-refractivity contribution is 0.126. The molecule has 0 saturated heterocycles. The number of hydrogen-bond donors (Lipinski definition) is 1. The van der Waals surface area contributed by atoms with Gasteiger partial charge >= 0.3 is 0 Å². The second-order valence-electron chi connectivity index (χ2n) is 4.24. The number of alkyl halides is 2. The average molecular weight is 295 g/mol. The molecule has 0 atom stereocenters. The van der Waals surface area contributed by atoms with Crippen LogP contribution >= 0.6 is 0 Å². The predicted molar refractivity (Wildman–Crippen MR) is 68.4 cm³/mol. The van der Waals surface area contributed by atoms with Gasteiger partial charge in [0.05, 0.1) is 6.54 Å². The Hall–Kier alpha value is -0.990. The van der Waals surface area contributed by atoms with Crippen molar-refractivity contribution in [3.63, 3.8) is 0 Å². The fourth-order valence-electron chi connectivity index (χ4n) is 1.76. The maximum absolute atomic E-state index is 12.3. The second-order valence-corrected chi connectivity index (χ2v) is 6.29. The molecule has 0 aromatic carbocycles. The number of halogens is 2. The number of nitrogens with two attached hydrogens (primary N) is 1. The summed E-state index contributed by atoms with van der Waals surface area (Å²) < 4.78 is 51.1. The summed E-state index contributed by atoms with van der Waals surface area (Å²) in [4.78, 5) is 0.00421. The van der Waals surface area contributed by atoms with Crippen LogP contribution in [0.5, 0.6) is 0 Å². The molecule has 0 aliphatic heterocycles. The van der Waals surface area contributed by atoms with Crippen LogP contribution in [0.3, 0.4) is 0 Å². The van der Waals surface area contributed by atoms with E-state index >= 15 is 0 Å². The Morgan fingerprint density at radius 2 is 2.11 bits per heavy atom. The molecule has 1 aromatic heterocycles. The Morgan fingerprint density at radius 3 is 2.58 bits per heavy atom. The third kappa shape index (κ3) is 3.74. The normalized spacial score (nSPS) is 12.6. The molecule has 110 valence electrons. The average Bonchev–Trinajstić information content (AvgIpc) is 2.72. The summed E-state index contributed by atoms with van der Waals surface area (Å²) in [6.07, 6.45) is -0.427. The quantitative estimate of drug-likeness (QED) is 0.823. The van der Waals surface area contributed by atoms with Gasteiger partial charge in [-0.1, -0.05) is 6.92 Å². The van der Waals surface area contributed by atoms with E-state index in [1.54, 1.807) is 4.57 Å². The molecule has 1 aromatic rings. The van der Waals surface area contributed by atoms with Crippen molar-refractivity contribution in [2.45, 2.75) is 37.8 Å². The highest BCUT2D eigenvalue weighted by Gasteiger charge is 2.25. The van der Waals surface area contributed by atoms with Crippen LogP contribution in [0.1, 0.15) is 19.0 Å². The van der Waals surface area contributed by atoms with E-state index in [1.807, 2.05) is 6.92 Å². The van der Waals surface area contributed by atoms with Gasteiger partial charge in [-0.15, -0.1) is 0 Å². The van der Waals surface area contributed by atoms with E-state index in [2.05, 4.69) is 0 Å². The van der Waals surface area contributed by atoms with Crippen LogP contribution in [0.15, 0.2) is 17.2 Å². The summed E-state index contributed by atoms with van der Waals surface area (Å²) in [7, 11) is -2.75. The lowest BCUT2D eigenvalue weighted by Crippen LogP contribution is -2.31. The molecule has 0 unspecified atom stereocenters. The summed E-state index contributed by atoms with van der Waals surface area (Å²) in [6, 6.07) is 1.44. The molecule has 0 aliphatic rings. The van der Waals surface area contributed by atoms with Crippen molar-refractivity contribution >= 4 is 10.0 Å². The first kappa shape index (κ1) is 16.1. The molecule has 19 heavy (non-hydrogen) atoms. The molecule has 0 aliphatic carbocycles. The van der Waals surface area contributed by atoms with Gasteiger partial charge in [0.2, 0.25) is 10.0 Å². The van der Waals surface area contributed by atoms with Crippen LogP contribution in [0.4, 0.5) is 8.78 Å². The first-order chi connectivity index (χ1) is 8.82. The third-order valence-electron chi connectivity index (χ3n) is 2.74. The molecule has 5 nitrogen and oxygen atoms in total. The second kappa shape index (κ2) is 6.44. The number of sulfonamides is 1. The van der Waals surface area contributed by atoms with E-state index in [9.17, 15) is 17.2 Å². The Morgan fingerprint density at radius 1 is 1.47 bits per heavy atom. The predicted octanol–water partition coefficient (Wildman–Crippen LogP) is 1.24. The van der Waals surface area contributed by atoms with E-state index < -0.39 is 23.0 Å². The maximum atomic E-state index is 12.3. The summed E-state index contributed by atoms with van der Waals surface area (Å²) in [5.41, 5.74) is 6.22. The molecule has 2 N–H and O–H groups in total.